The fraction of sp³-hybridized carbons (Fsp3) is 0.455. The summed E-state index contributed by atoms with van der Waals surface area (Å²) in [7, 11) is 1.38. The molecule has 2 aromatic carbocycles. The SMILES string of the molecule is COc1ccc(F)cc1C(C)(C)CC(O)(CN1CCSc2ccccc21)C(F)(F)F. The van der Waals surface area contributed by atoms with Crippen molar-refractivity contribution in [2.75, 3.05) is 30.9 Å². The molecule has 164 valence electrons. The van der Waals surface area contributed by atoms with Gasteiger partial charge < -0.3 is 14.7 Å². The van der Waals surface area contributed by atoms with Gasteiger partial charge in [-0.05, 0) is 42.2 Å². The highest BCUT2D eigenvalue weighted by atomic mass is 32.2. The van der Waals surface area contributed by atoms with Crippen LogP contribution in [0.25, 0.3) is 0 Å². The van der Waals surface area contributed by atoms with Crippen LogP contribution < -0.4 is 9.64 Å². The zero-order valence-electron chi connectivity index (χ0n) is 17.1. The maximum absolute atomic E-state index is 14.2. The second-order valence-electron chi connectivity index (χ2n) is 8.17. The molecule has 0 radical (unpaired) electrons. The lowest BCUT2D eigenvalue weighted by molar-refractivity contribution is -0.262. The molecule has 1 N–H and O–H groups in total. The summed E-state index contributed by atoms with van der Waals surface area (Å²) >= 11 is 1.58. The van der Waals surface area contributed by atoms with E-state index in [1.807, 2.05) is 12.1 Å². The first-order valence-corrected chi connectivity index (χ1v) is 10.6. The van der Waals surface area contributed by atoms with Crippen LogP contribution in [0.15, 0.2) is 47.4 Å². The van der Waals surface area contributed by atoms with Crippen LogP contribution in [0.2, 0.25) is 0 Å². The number of para-hydroxylation sites is 1. The summed E-state index contributed by atoms with van der Waals surface area (Å²) in [6.45, 7) is 2.90. The molecule has 0 spiro atoms. The molecule has 0 aliphatic carbocycles. The number of rotatable bonds is 6. The largest absolute Gasteiger partial charge is 0.496 e. The fourth-order valence-corrected chi connectivity index (χ4v) is 5.04. The van der Waals surface area contributed by atoms with Crippen molar-refractivity contribution in [2.24, 2.45) is 0 Å². The topological polar surface area (TPSA) is 32.7 Å². The van der Waals surface area contributed by atoms with E-state index in [4.69, 9.17) is 4.74 Å². The highest BCUT2D eigenvalue weighted by Crippen LogP contribution is 2.45. The van der Waals surface area contributed by atoms with E-state index in [2.05, 4.69) is 0 Å². The van der Waals surface area contributed by atoms with Gasteiger partial charge in [0.25, 0.3) is 0 Å². The van der Waals surface area contributed by atoms with Gasteiger partial charge in [0.1, 0.15) is 11.6 Å². The molecule has 30 heavy (non-hydrogen) atoms. The summed E-state index contributed by atoms with van der Waals surface area (Å²) in [5, 5.41) is 10.9. The quantitative estimate of drug-likeness (QED) is 0.606. The molecule has 3 rings (SSSR count). The number of hydrogen-bond donors (Lipinski definition) is 1. The summed E-state index contributed by atoms with van der Waals surface area (Å²) in [4.78, 5) is 2.47. The number of thioether (sulfide) groups is 1. The van der Waals surface area contributed by atoms with Gasteiger partial charge in [-0.3, -0.25) is 0 Å². The Labute approximate surface area is 178 Å². The first-order valence-electron chi connectivity index (χ1n) is 9.57. The molecular weight excluding hydrogens is 418 g/mol. The fourth-order valence-electron chi connectivity index (χ4n) is 3.99. The molecule has 3 nitrogen and oxygen atoms in total. The number of hydrogen-bond acceptors (Lipinski definition) is 4. The number of anilines is 1. The van der Waals surface area contributed by atoms with Gasteiger partial charge in [0.15, 0.2) is 5.60 Å². The minimum absolute atomic E-state index is 0.280. The minimum atomic E-state index is -4.87. The number of fused-ring (bicyclic) bond motifs is 1. The predicted molar refractivity (Wildman–Crippen MR) is 111 cm³/mol. The van der Waals surface area contributed by atoms with Crippen molar-refractivity contribution < 1.29 is 27.4 Å². The molecule has 0 fully saturated rings. The van der Waals surface area contributed by atoms with Gasteiger partial charge >= 0.3 is 6.18 Å². The second-order valence-corrected chi connectivity index (χ2v) is 9.31. The van der Waals surface area contributed by atoms with Crippen LogP contribution >= 0.6 is 11.8 Å². The van der Waals surface area contributed by atoms with E-state index in [1.165, 1.54) is 25.3 Å². The van der Waals surface area contributed by atoms with Crippen LogP contribution in [0, 0.1) is 5.82 Å². The monoisotopic (exact) mass is 443 g/mol. The molecule has 1 unspecified atom stereocenters. The van der Waals surface area contributed by atoms with Gasteiger partial charge in [0, 0.05) is 22.8 Å². The number of alkyl halides is 3. The van der Waals surface area contributed by atoms with Gasteiger partial charge in [-0.2, -0.15) is 13.2 Å². The number of β-amino-alcohol motifs (C(OH)–C–C–N with tert-alkyl or cyclic N) is 1. The Bertz CT molecular complexity index is 903. The summed E-state index contributed by atoms with van der Waals surface area (Å²) in [5.74, 6) is 0.341. The molecule has 0 saturated carbocycles. The molecule has 8 heteroatoms. The first kappa shape index (κ1) is 22.7. The number of nitrogens with zero attached hydrogens (tertiary/aromatic N) is 1. The van der Waals surface area contributed by atoms with E-state index in [0.29, 0.717) is 18.0 Å². The third kappa shape index (κ3) is 4.54. The van der Waals surface area contributed by atoms with E-state index < -0.39 is 36.0 Å². The third-order valence-electron chi connectivity index (χ3n) is 5.43. The summed E-state index contributed by atoms with van der Waals surface area (Å²) in [6, 6.07) is 11.0. The van der Waals surface area contributed by atoms with Gasteiger partial charge in [-0.15, -0.1) is 11.8 Å². The van der Waals surface area contributed by atoms with Crippen molar-refractivity contribution in [3.63, 3.8) is 0 Å². The number of benzene rings is 2. The van der Waals surface area contributed by atoms with E-state index >= 15 is 0 Å². The predicted octanol–water partition coefficient (Wildman–Crippen LogP) is 5.41. The van der Waals surface area contributed by atoms with Crippen LogP contribution in [0.1, 0.15) is 25.8 Å². The van der Waals surface area contributed by atoms with E-state index in [0.717, 1.165) is 4.90 Å². The molecule has 1 aliphatic heterocycles. The number of halogens is 4. The van der Waals surface area contributed by atoms with Gasteiger partial charge in [-0.25, -0.2) is 4.39 Å². The zero-order valence-corrected chi connectivity index (χ0v) is 17.9. The molecule has 0 bridgehead atoms. The number of methoxy groups -OCH3 is 1. The molecule has 0 aromatic heterocycles. The molecule has 1 heterocycles. The van der Waals surface area contributed by atoms with Crippen LogP contribution in [-0.4, -0.2) is 42.8 Å². The van der Waals surface area contributed by atoms with Crippen molar-refractivity contribution in [1.29, 1.82) is 0 Å². The average molecular weight is 444 g/mol. The molecule has 0 amide bonds. The van der Waals surface area contributed by atoms with E-state index in [9.17, 15) is 22.7 Å². The molecular formula is C22H25F4NO2S. The number of ether oxygens (including phenoxy) is 1. The van der Waals surface area contributed by atoms with E-state index in [-0.39, 0.29) is 11.3 Å². The third-order valence-corrected chi connectivity index (χ3v) is 6.47. The van der Waals surface area contributed by atoms with Crippen molar-refractivity contribution in [3.05, 3.63) is 53.8 Å². The Kier molecular flexibility index (Phi) is 6.30. The summed E-state index contributed by atoms with van der Waals surface area (Å²) in [5.41, 5.74) is -3.25. The molecule has 2 aromatic rings. The van der Waals surface area contributed by atoms with Gasteiger partial charge in [-0.1, -0.05) is 26.0 Å². The Morgan fingerprint density at radius 2 is 1.83 bits per heavy atom. The van der Waals surface area contributed by atoms with Crippen LogP contribution in [0.3, 0.4) is 0 Å². The van der Waals surface area contributed by atoms with Crippen LogP contribution in [0.4, 0.5) is 23.2 Å². The lowest BCUT2D eigenvalue weighted by Gasteiger charge is -2.42. The maximum atomic E-state index is 14.2. The van der Waals surface area contributed by atoms with Crippen molar-refractivity contribution in [1.82, 2.24) is 0 Å². The molecule has 1 atom stereocenters. The highest BCUT2D eigenvalue weighted by Gasteiger charge is 2.57. The van der Waals surface area contributed by atoms with Crippen LogP contribution in [0.5, 0.6) is 5.75 Å². The smallest absolute Gasteiger partial charge is 0.418 e. The van der Waals surface area contributed by atoms with Gasteiger partial charge in [0.05, 0.1) is 19.3 Å². The first-order chi connectivity index (χ1) is 14.0. The second kappa shape index (κ2) is 8.30. The standard InChI is InChI=1S/C22H25F4NO2S/c1-20(2,16-12-15(23)8-9-18(16)29-3)13-21(28,22(24,25)26)14-27-10-11-30-19-7-5-4-6-17(19)27/h4-9,12,28H,10-11,13-14H2,1-3H3. The molecule has 1 aliphatic rings. The lowest BCUT2D eigenvalue weighted by Crippen LogP contribution is -2.57. The highest BCUT2D eigenvalue weighted by molar-refractivity contribution is 7.99. The van der Waals surface area contributed by atoms with Crippen molar-refractivity contribution >= 4 is 17.4 Å². The van der Waals surface area contributed by atoms with Gasteiger partial charge in [0.2, 0.25) is 0 Å². The summed E-state index contributed by atoms with van der Waals surface area (Å²) in [6.07, 6.45) is -5.51. The lowest BCUT2D eigenvalue weighted by atomic mass is 9.74. The van der Waals surface area contributed by atoms with Crippen molar-refractivity contribution in [2.45, 2.75) is 42.4 Å². The minimum Gasteiger partial charge on any atom is -0.496 e. The van der Waals surface area contributed by atoms with Crippen LogP contribution in [-0.2, 0) is 5.41 Å². The van der Waals surface area contributed by atoms with E-state index in [1.54, 1.807) is 42.6 Å². The molecule has 0 saturated heterocycles. The average Bonchev–Trinajstić information content (AvgIpc) is 2.67. The maximum Gasteiger partial charge on any atom is 0.418 e. The number of aliphatic hydroxyl groups is 1. The Balaban J connectivity index is 1.96. The Morgan fingerprint density at radius 1 is 1.13 bits per heavy atom. The Morgan fingerprint density at radius 3 is 2.50 bits per heavy atom. The van der Waals surface area contributed by atoms with Crippen molar-refractivity contribution in [3.8, 4) is 5.75 Å². The normalized spacial score (nSPS) is 16.7. The Hall–Kier alpha value is -1.93. The summed E-state index contributed by atoms with van der Waals surface area (Å²) < 4.78 is 61.6. The zero-order chi connectivity index (χ0) is 22.2.